The van der Waals surface area contributed by atoms with Gasteiger partial charge in [-0.15, -0.1) is 0 Å². The Labute approximate surface area is 83.0 Å². The van der Waals surface area contributed by atoms with Crippen LogP contribution in [-0.4, -0.2) is 0 Å². The minimum absolute atomic E-state index is 0. The van der Waals surface area contributed by atoms with Crippen LogP contribution in [0.25, 0.3) is 0 Å². The summed E-state index contributed by atoms with van der Waals surface area (Å²) in [4.78, 5) is 0. The zero-order valence-electron chi connectivity index (χ0n) is 8.52. The van der Waals surface area contributed by atoms with Crippen molar-refractivity contribution in [2.24, 2.45) is 5.41 Å². The zero-order valence-corrected chi connectivity index (χ0v) is 8.52. The first-order valence-electron chi connectivity index (χ1n) is 4.53. The highest BCUT2D eigenvalue weighted by Gasteiger charge is 2.10. The van der Waals surface area contributed by atoms with Crippen molar-refractivity contribution in [3.63, 3.8) is 0 Å². The summed E-state index contributed by atoms with van der Waals surface area (Å²) in [5.74, 6) is 0. The van der Waals surface area contributed by atoms with E-state index in [1.54, 1.807) is 0 Å². The molecule has 13 heavy (non-hydrogen) atoms. The molecule has 0 heterocycles. The first-order chi connectivity index (χ1) is 5.47. The van der Waals surface area contributed by atoms with Crippen LogP contribution in [0, 0.1) is 12.3 Å². The molecule has 0 nitrogen and oxygen atoms in total. The lowest BCUT2D eigenvalue weighted by molar-refractivity contribution is 0.411. The summed E-state index contributed by atoms with van der Waals surface area (Å²) < 4.78 is 0. The Morgan fingerprint density at radius 2 is 1.46 bits per heavy atom. The van der Waals surface area contributed by atoms with E-state index in [0.29, 0.717) is 5.41 Å². The van der Waals surface area contributed by atoms with Gasteiger partial charge in [0.15, 0.2) is 0 Å². The highest BCUT2D eigenvalue weighted by atomic mass is 14.1. The van der Waals surface area contributed by atoms with E-state index < -0.39 is 0 Å². The summed E-state index contributed by atoms with van der Waals surface area (Å²) in [5.41, 5.74) is 3.18. The van der Waals surface area contributed by atoms with Crippen molar-refractivity contribution in [1.29, 1.82) is 0 Å². The minimum Gasteiger partial charge on any atom is -0.0776 e. The van der Waals surface area contributed by atoms with Gasteiger partial charge in [0.2, 0.25) is 0 Å². The van der Waals surface area contributed by atoms with Crippen LogP contribution in [0.2, 0.25) is 0 Å². The number of hydrogen-bond acceptors (Lipinski definition) is 0. The fourth-order valence-corrected chi connectivity index (χ4v) is 1.32. The van der Waals surface area contributed by atoms with Crippen molar-refractivity contribution in [2.45, 2.75) is 41.5 Å². The maximum absolute atomic E-state index is 2.27. The van der Waals surface area contributed by atoms with E-state index in [0.717, 1.165) is 6.42 Å². The predicted octanol–water partition coefficient (Wildman–Crippen LogP) is 4.22. The van der Waals surface area contributed by atoms with Gasteiger partial charge in [0, 0.05) is 0 Å². The second-order valence-electron chi connectivity index (χ2n) is 4.72. The first-order valence-corrected chi connectivity index (χ1v) is 4.53. The lowest BCUT2D eigenvalue weighted by Gasteiger charge is -2.17. The second kappa shape index (κ2) is 4.45. The van der Waals surface area contributed by atoms with E-state index in [1.807, 2.05) is 0 Å². The van der Waals surface area contributed by atoms with Crippen LogP contribution >= 0.6 is 0 Å². The molecule has 0 radical (unpaired) electrons. The molecule has 0 aliphatic heterocycles. The Kier molecular flexibility index (Phi) is 4.19. The smallest absolute Gasteiger partial charge is 0.0230 e. The van der Waals surface area contributed by atoms with Gasteiger partial charge in [-0.05, 0) is 24.3 Å². The highest BCUT2D eigenvalue weighted by molar-refractivity contribution is 5.21. The monoisotopic (exact) mass is 178 g/mol. The molecule has 0 atom stereocenters. The van der Waals surface area contributed by atoms with Crippen molar-refractivity contribution in [2.75, 3.05) is 0 Å². The third-order valence-electron chi connectivity index (χ3n) is 1.86. The Morgan fingerprint density at radius 1 is 1.00 bits per heavy atom. The van der Waals surface area contributed by atoms with Crippen LogP contribution in [0.4, 0.5) is 0 Å². The molecule has 1 rings (SSSR count). The van der Waals surface area contributed by atoms with Crippen LogP contribution in [0.15, 0.2) is 24.3 Å². The van der Waals surface area contributed by atoms with Gasteiger partial charge in [0.25, 0.3) is 0 Å². The van der Waals surface area contributed by atoms with Gasteiger partial charge in [-0.3, -0.25) is 0 Å². The van der Waals surface area contributed by atoms with Crippen molar-refractivity contribution >= 4 is 0 Å². The highest BCUT2D eigenvalue weighted by Crippen LogP contribution is 2.20. The average molecular weight is 178 g/mol. The van der Waals surface area contributed by atoms with E-state index in [9.17, 15) is 0 Å². The lowest BCUT2D eigenvalue weighted by Crippen LogP contribution is -2.08. The molecular formula is C13H22. The molecule has 0 unspecified atom stereocenters. The van der Waals surface area contributed by atoms with E-state index in [2.05, 4.69) is 52.0 Å². The predicted molar refractivity (Wildman–Crippen MR) is 61.1 cm³/mol. The SMILES string of the molecule is C.Cc1ccc(CC(C)(C)C)cc1. The van der Waals surface area contributed by atoms with Gasteiger partial charge in [-0.1, -0.05) is 58.0 Å². The number of aryl methyl sites for hydroxylation is 1. The second-order valence-corrected chi connectivity index (χ2v) is 4.72. The molecule has 0 aliphatic rings. The average Bonchev–Trinajstić information content (AvgIpc) is 1.91. The molecule has 0 saturated heterocycles. The van der Waals surface area contributed by atoms with Crippen LogP contribution in [0.5, 0.6) is 0 Å². The molecule has 0 heteroatoms. The fourth-order valence-electron chi connectivity index (χ4n) is 1.32. The summed E-state index contributed by atoms with van der Waals surface area (Å²) in [5, 5.41) is 0. The van der Waals surface area contributed by atoms with Crippen LogP contribution in [0.3, 0.4) is 0 Å². The molecule has 0 amide bonds. The van der Waals surface area contributed by atoms with E-state index in [-0.39, 0.29) is 7.43 Å². The van der Waals surface area contributed by atoms with Crippen molar-refractivity contribution < 1.29 is 0 Å². The van der Waals surface area contributed by atoms with Crippen LogP contribution in [0.1, 0.15) is 39.3 Å². The normalized spacial score (nSPS) is 10.8. The van der Waals surface area contributed by atoms with E-state index in [4.69, 9.17) is 0 Å². The van der Waals surface area contributed by atoms with E-state index >= 15 is 0 Å². The van der Waals surface area contributed by atoms with Crippen LogP contribution < -0.4 is 0 Å². The molecule has 0 aromatic heterocycles. The van der Waals surface area contributed by atoms with Crippen molar-refractivity contribution in [1.82, 2.24) is 0 Å². The Balaban J connectivity index is 0.00000144. The van der Waals surface area contributed by atoms with Gasteiger partial charge in [0.05, 0.1) is 0 Å². The molecule has 0 aliphatic carbocycles. The molecule has 1 aromatic carbocycles. The summed E-state index contributed by atoms with van der Waals surface area (Å²) in [6, 6.07) is 8.81. The van der Waals surface area contributed by atoms with E-state index in [1.165, 1.54) is 11.1 Å². The van der Waals surface area contributed by atoms with Gasteiger partial charge in [-0.2, -0.15) is 0 Å². The fraction of sp³-hybridized carbons (Fsp3) is 0.538. The van der Waals surface area contributed by atoms with Gasteiger partial charge < -0.3 is 0 Å². The summed E-state index contributed by atoms with van der Waals surface area (Å²) >= 11 is 0. The Morgan fingerprint density at radius 3 is 1.85 bits per heavy atom. The van der Waals surface area contributed by atoms with Crippen molar-refractivity contribution in [3.05, 3.63) is 35.4 Å². The van der Waals surface area contributed by atoms with Gasteiger partial charge in [-0.25, -0.2) is 0 Å². The Bertz CT molecular complexity index is 236. The molecule has 0 spiro atoms. The molecule has 1 aromatic rings. The van der Waals surface area contributed by atoms with Crippen molar-refractivity contribution in [3.8, 4) is 0 Å². The number of hydrogen-bond donors (Lipinski definition) is 0. The lowest BCUT2D eigenvalue weighted by atomic mass is 9.88. The molecular weight excluding hydrogens is 156 g/mol. The molecule has 0 fully saturated rings. The maximum Gasteiger partial charge on any atom is -0.0230 e. The molecule has 0 saturated carbocycles. The minimum atomic E-state index is 0. The molecule has 0 N–H and O–H groups in total. The summed E-state index contributed by atoms with van der Waals surface area (Å²) in [7, 11) is 0. The summed E-state index contributed by atoms with van der Waals surface area (Å²) in [6.45, 7) is 8.94. The Hall–Kier alpha value is -0.780. The topological polar surface area (TPSA) is 0 Å². The standard InChI is InChI=1S/C12H18.CH4/c1-10-5-7-11(8-6-10)9-12(2,3)4;/h5-8H,9H2,1-4H3;1H4. The molecule has 0 bridgehead atoms. The third-order valence-corrected chi connectivity index (χ3v) is 1.86. The van der Waals surface area contributed by atoms with Crippen LogP contribution in [-0.2, 0) is 6.42 Å². The largest absolute Gasteiger partial charge is 0.0776 e. The zero-order chi connectivity index (χ0) is 9.19. The number of rotatable bonds is 1. The first kappa shape index (κ1) is 12.2. The van der Waals surface area contributed by atoms with Gasteiger partial charge >= 0.3 is 0 Å². The molecule has 74 valence electrons. The quantitative estimate of drug-likeness (QED) is 0.604. The summed E-state index contributed by atoms with van der Waals surface area (Å²) in [6.07, 6.45) is 1.16. The third kappa shape index (κ3) is 4.72. The number of benzene rings is 1. The maximum atomic E-state index is 2.27. The van der Waals surface area contributed by atoms with Gasteiger partial charge in [0.1, 0.15) is 0 Å².